The highest BCUT2D eigenvalue weighted by molar-refractivity contribution is 5.38. The molecule has 86 valence electrons. The van der Waals surface area contributed by atoms with Crippen LogP contribution in [0.3, 0.4) is 0 Å². The van der Waals surface area contributed by atoms with Crippen molar-refractivity contribution >= 4 is 5.69 Å². The van der Waals surface area contributed by atoms with Crippen LogP contribution in [0.2, 0.25) is 0 Å². The number of nitrogens with two attached hydrogens (primary N) is 1. The van der Waals surface area contributed by atoms with E-state index in [0.29, 0.717) is 11.8 Å². The SMILES string of the molecule is CCn1cc(NCC(CN)C(C)C)cn1. The number of aromatic nitrogens is 2. The summed E-state index contributed by atoms with van der Waals surface area (Å²) in [5.74, 6) is 1.14. The molecule has 0 spiro atoms. The van der Waals surface area contributed by atoms with Gasteiger partial charge in [0.1, 0.15) is 0 Å². The normalized spacial score (nSPS) is 13.1. The monoisotopic (exact) mass is 210 g/mol. The predicted molar refractivity (Wildman–Crippen MR) is 63.8 cm³/mol. The minimum absolute atomic E-state index is 0.523. The maximum Gasteiger partial charge on any atom is 0.0726 e. The van der Waals surface area contributed by atoms with Gasteiger partial charge in [0.15, 0.2) is 0 Å². The molecule has 3 N–H and O–H groups in total. The smallest absolute Gasteiger partial charge is 0.0726 e. The molecule has 0 aromatic carbocycles. The van der Waals surface area contributed by atoms with E-state index in [0.717, 1.165) is 25.3 Å². The van der Waals surface area contributed by atoms with E-state index >= 15 is 0 Å². The lowest BCUT2D eigenvalue weighted by Crippen LogP contribution is -2.27. The summed E-state index contributed by atoms with van der Waals surface area (Å²) in [4.78, 5) is 0. The van der Waals surface area contributed by atoms with Crippen molar-refractivity contribution in [3.63, 3.8) is 0 Å². The van der Waals surface area contributed by atoms with Crippen molar-refractivity contribution < 1.29 is 0 Å². The minimum atomic E-state index is 0.523. The molecule has 0 amide bonds. The Morgan fingerprint density at radius 1 is 1.53 bits per heavy atom. The van der Waals surface area contributed by atoms with Crippen LogP contribution in [0.4, 0.5) is 5.69 Å². The second-order valence-corrected chi connectivity index (χ2v) is 4.21. The number of hydrogen-bond acceptors (Lipinski definition) is 3. The van der Waals surface area contributed by atoms with Crippen molar-refractivity contribution in [2.75, 3.05) is 18.4 Å². The Kier molecular flexibility index (Phi) is 4.62. The van der Waals surface area contributed by atoms with Gasteiger partial charge in [0.2, 0.25) is 0 Å². The zero-order valence-corrected chi connectivity index (χ0v) is 9.90. The van der Waals surface area contributed by atoms with Crippen molar-refractivity contribution in [1.82, 2.24) is 9.78 Å². The Labute approximate surface area is 91.8 Å². The molecular weight excluding hydrogens is 188 g/mol. The van der Waals surface area contributed by atoms with E-state index in [1.165, 1.54) is 0 Å². The molecule has 0 bridgehead atoms. The van der Waals surface area contributed by atoms with Gasteiger partial charge in [-0.25, -0.2) is 0 Å². The van der Waals surface area contributed by atoms with Gasteiger partial charge in [-0.2, -0.15) is 5.10 Å². The van der Waals surface area contributed by atoms with Crippen molar-refractivity contribution in [1.29, 1.82) is 0 Å². The largest absolute Gasteiger partial charge is 0.382 e. The third-order valence-electron chi connectivity index (χ3n) is 2.77. The quantitative estimate of drug-likeness (QED) is 0.749. The number of nitrogens with one attached hydrogen (secondary N) is 1. The first kappa shape index (κ1) is 12.0. The van der Waals surface area contributed by atoms with Crippen LogP contribution in [0.1, 0.15) is 20.8 Å². The molecule has 0 saturated heterocycles. The first-order valence-electron chi connectivity index (χ1n) is 5.63. The first-order valence-corrected chi connectivity index (χ1v) is 5.63. The molecule has 0 radical (unpaired) electrons. The van der Waals surface area contributed by atoms with Gasteiger partial charge in [0.25, 0.3) is 0 Å². The number of aryl methyl sites for hydroxylation is 1. The molecule has 1 aromatic rings. The second-order valence-electron chi connectivity index (χ2n) is 4.21. The van der Waals surface area contributed by atoms with Crippen LogP contribution >= 0.6 is 0 Å². The summed E-state index contributed by atoms with van der Waals surface area (Å²) >= 11 is 0. The molecule has 1 heterocycles. The van der Waals surface area contributed by atoms with Crippen LogP contribution in [0.5, 0.6) is 0 Å². The van der Waals surface area contributed by atoms with Gasteiger partial charge in [0, 0.05) is 19.3 Å². The summed E-state index contributed by atoms with van der Waals surface area (Å²) in [5, 5.41) is 7.57. The van der Waals surface area contributed by atoms with Gasteiger partial charge in [0.05, 0.1) is 11.9 Å². The van der Waals surface area contributed by atoms with Gasteiger partial charge < -0.3 is 11.1 Å². The van der Waals surface area contributed by atoms with E-state index in [-0.39, 0.29) is 0 Å². The molecule has 0 fully saturated rings. The lowest BCUT2D eigenvalue weighted by Gasteiger charge is -2.19. The Morgan fingerprint density at radius 3 is 2.73 bits per heavy atom. The van der Waals surface area contributed by atoms with Crippen molar-refractivity contribution in [2.45, 2.75) is 27.3 Å². The minimum Gasteiger partial charge on any atom is -0.382 e. The molecule has 1 unspecified atom stereocenters. The Balaban J connectivity index is 2.41. The topological polar surface area (TPSA) is 55.9 Å². The van der Waals surface area contributed by atoms with Crippen molar-refractivity contribution in [3.05, 3.63) is 12.4 Å². The third kappa shape index (κ3) is 3.55. The fourth-order valence-electron chi connectivity index (χ4n) is 1.47. The van der Waals surface area contributed by atoms with Crippen LogP contribution in [0.15, 0.2) is 12.4 Å². The van der Waals surface area contributed by atoms with Gasteiger partial charge >= 0.3 is 0 Å². The maximum atomic E-state index is 5.71. The summed E-state index contributed by atoms with van der Waals surface area (Å²) < 4.78 is 1.91. The first-order chi connectivity index (χ1) is 7.17. The summed E-state index contributed by atoms with van der Waals surface area (Å²) in [5.41, 5.74) is 6.79. The van der Waals surface area contributed by atoms with E-state index in [2.05, 4.69) is 31.2 Å². The summed E-state index contributed by atoms with van der Waals surface area (Å²) in [6, 6.07) is 0. The summed E-state index contributed by atoms with van der Waals surface area (Å²) in [7, 11) is 0. The van der Waals surface area contributed by atoms with E-state index in [1.807, 2.05) is 17.1 Å². The van der Waals surface area contributed by atoms with E-state index in [4.69, 9.17) is 5.73 Å². The molecular formula is C11H22N4. The standard InChI is InChI=1S/C11H22N4/c1-4-15-8-11(7-14-15)13-6-10(5-12)9(2)3/h7-10,13H,4-6,12H2,1-3H3. The molecule has 15 heavy (non-hydrogen) atoms. The highest BCUT2D eigenvalue weighted by atomic mass is 15.3. The molecule has 0 aliphatic heterocycles. The van der Waals surface area contributed by atoms with Gasteiger partial charge in [-0.15, -0.1) is 0 Å². The summed E-state index contributed by atoms with van der Waals surface area (Å²) in [6.07, 6.45) is 3.88. The zero-order chi connectivity index (χ0) is 11.3. The lowest BCUT2D eigenvalue weighted by molar-refractivity contribution is 0.413. The van der Waals surface area contributed by atoms with Crippen LogP contribution in [-0.4, -0.2) is 22.9 Å². The molecule has 1 atom stereocenters. The average molecular weight is 210 g/mol. The van der Waals surface area contributed by atoms with Crippen LogP contribution in [-0.2, 0) is 6.54 Å². The number of nitrogens with zero attached hydrogens (tertiary/aromatic N) is 2. The number of anilines is 1. The molecule has 0 aliphatic rings. The number of hydrogen-bond donors (Lipinski definition) is 2. The van der Waals surface area contributed by atoms with Crippen LogP contribution in [0, 0.1) is 11.8 Å². The lowest BCUT2D eigenvalue weighted by atomic mass is 9.96. The molecule has 4 nitrogen and oxygen atoms in total. The average Bonchev–Trinajstić information content (AvgIpc) is 2.66. The fraction of sp³-hybridized carbons (Fsp3) is 0.727. The van der Waals surface area contributed by atoms with Crippen molar-refractivity contribution in [3.8, 4) is 0 Å². The number of rotatable bonds is 6. The van der Waals surface area contributed by atoms with Gasteiger partial charge in [-0.1, -0.05) is 13.8 Å². The molecule has 0 saturated carbocycles. The molecule has 0 aliphatic carbocycles. The Hall–Kier alpha value is -1.03. The van der Waals surface area contributed by atoms with Crippen molar-refractivity contribution in [2.24, 2.45) is 17.6 Å². The van der Waals surface area contributed by atoms with Gasteiger partial charge in [-0.3, -0.25) is 4.68 Å². The van der Waals surface area contributed by atoms with E-state index in [1.54, 1.807) is 0 Å². The van der Waals surface area contributed by atoms with E-state index < -0.39 is 0 Å². The fourth-order valence-corrected chi connectivity index (χ4v) is 1.47. The molecule has 1 rings (SSSR count). The maximum absolute atomic E-state index is 5.71. The van der Waals surface area contributed by atoms with Crippen LogP contribution < -0.4 is 11.1 Å². The zero-order valence-electron chi connectivity index (χ0n) is 9.90. The molecule has 4 heteroatoms. The second kappa shape index (κ2) is 5.75. The van der Waals surface area contributed by atoms with E-state index in [9.17, 15) is 0 Å². The Bertz CT molecular complexity index is 280. The predicted octanol–water partition coefficient (Wildman–Crippen LogP) is 1.55. The molecule has 1 aromatic heterocycles. The summed E-state index contributed by atoms with van der Waals surface area (Å²) in [6.45, 7) is 9.04. The highest BCUT2D eigenvalue weighted by Crippen LogP contribution is 2.11. The highest BCUT2D eigenvalue weighted by Gasteiger charge is 2.10. The third-order valence-corrected chi connectivity index (χ3v) is 2.77. The van der Waals surface area contributed by atoms with Gasteiger partial charge in [-0.05, 0) is 25.3 Å². The van der Waals surface area contributed by atoms with Crippen LogP contribution in [0.25, 0.3) is 0 Å². The Morgan fingerprint density at radius 2 is 2.27 bits per heavy atom.